The Kier molecular flexibility index (Phi) is 3.89. The number of carbonyl (C=O) groups is 1. The number of hydrogen-bond donors (Lipinski definition) is 2. The summed E-state index contributed by atoms with van der Waals surface area (Å²) in [5, 5.41) is 17.2. The number of rotatable bonds is 4. The van der Waals surface area contributed by atoms with Gasteiger partial charge in [-0.25, -0.2) is 4.79 Å². The second-order valence-electron chi connectivity index (χ2n) is 3.08. The molecule has 0 bridgehead atoms. The Labute approximate surface area is 93.5 Å². The van der Waals surface area contributed by atoms with Crippen molar-refractivity contribution in [1.82, 2.24) is 4.98 Å². The van der Waals surface area contributed by atoms with Crippen molar-refractivity contribution in [3.8, 4) is 5.75 Å². The van der Waals surface area contributed by atoms with Gasteiger partial charge in [0.1, 0.15) is 12.4 Å². The second kappa shape index (κ2) is 5.00. The highest BCUT2D eigenvalue weighted by Gasteiger charge is 2.38. The van der Waals surface area contributed by atoms with Gasteiger partial charge in [-0.2, -0.15) is 13.2 Å². The van der Waals surface area contributed by atoms with E-state index in [0.717, 1.165) is 18.5 Å². The highest BCUT2D eigenvalue weighted by Crippen LogP contribution is 2.21. The van der Waals surface area contributed by atoms with E-state index in [1.54, 1.807) is 0 Å². The van der Waals surface area contributed by atoms with Crippen molar-refractivity contribution in [2.24, 2.45) is 0 Å². The van der Waals surface area contributed by atoms with Gasteiger partial charge in [-0.3, -0.25) is 4.98 Å². The van der Waals surface area contributed by atoms with E-state index in [9.17, 15) is 18.0 Å². The monoisotopic (exact) mass is 251 g/mol. The number of ether oxygens (including phenoxy) is 1. The topological polar surface area (TPSA) is 79.7 Å². The predicted octanol–water partition coefficient (Wildman–Crippen LogP) is 1.08. The van der Waals surface area contributed by atoms with E-state index in [-0.39, 0.29) is 11.3 Å². The summed E-state index contributed by atoms with van der Waals surface area (Å²) in [5.74, 6) is -1.44. The summed E-state index contributed by atoms with van der Waals surface area (Å²) < 4.78 is 40.3. The maximum atomic E-state index is 11.9. The van der Waals surface area contributed by atoms with Crippen LogP contribution in [0.25, 0.3) is 0 Å². The molecule has 0 fully saturated rings. The van der Waals surface area contributed by atoms with E-state index in [2.05, 4.69) is 9.72 Å². The van der Waals surface area contributed by atoms with E-state index in [4.69, 9.17) is 10.2 Å². The van der Waals surface area contributed by atoms with Crippen molar-refractivity contribution in [3.63, 3.8) is 0 Å². The van der Waals surface area contributed by atoms with Crippen molar-refractivity contribution < 1.29 is 32.9 Å². The summed E-state index contributed by atoms with van der Waals surface area (Å²) in [6.07, 6.45) is -5.33. The molecule has 0 saturated heterocycles. The lowest BCUT2D eigenvalue weighted by Gasteiger charge is -2.15. The second-order valence-corrected chi connectivity index (χ2v) is 3.08. The lowest BCUT2D eigenvalue weighted by Crippen LogP contribution is -2.34. The molecule has 94 valence electrons. The Balaban J connectivity index is 2.64. The third-order valence-electron chi connectivity index (χ3n) is 1.75. The van der Waals surface area contributed by atoms with Crippen molar-refractivity contribution in [1.29, 1.82) is 0 Å². The number of nitrogens with zero attached hydrogens (tertiary/aromatic N) is 1. The minimum Gasteiger partial charge on any atom is -0.489 e. The Morgan fingerprint density at radius 1 is 1.47 bits per heavy atom. The van der Waals surface area contributed by atoms with Crippen LogP contribution in [0.5, 0.6) is 5.75 Å². The van der Waals surface area contributed by atoms with E-state index < -0.39 is 24.9 Å². The first-order chi connectivity index (χ1) is 7.80. The summed E-state index contributed by atoms with van der Waals surface area (Å²) in [6.45, 7) is -1.02. The van der Waals surface area contributed by atoms with Gasteiger partial charge in [0.2, 0.25) is 0 Å². The molecule has 1 rings (SSSR count). The molecule has 5 nitrogen and oxygen atoms in total. The van der Waals surface area contributed by atoms with Gasteiger partial charge < -0.3 is 14.9 Å². The lowest BCUT2D eigenvalue weighted by molar-refractivity contribution is -0.210. The molecule has 1 atom stereocenters. The van der Waals surface area contributed by atoms with Crippen LogP contribution in [0.4, 0.5) is 13.2 Å². The van der Waals surface area contributed by atoms with Crippen LogP contribution in [-0.2, 0) is 0 Å². The van der Waals surface area contributed by atoms with Crippen LogP contribution in [0, 0.1) is 0 Å². The van der Waals surface area contributed by atoms with Crippen LogP contribution in [0.3, 0.4) is 0 Å². The number of halogens is 3. The molecule has 2 N–H and O–H groups in total. The number of pyridine rings is 1. The van der Waals surface area contributed by atoms with Crippen molar-refractivity contribution >= 4 is 5.97 Å². The fourth-order valence-electron chi connectivity index (χ4n) is 0.884. The number of hydrogen-bond acceptors (Lipinski definition) is 4. The van der Waals surface area contributed by atoms with Crippen molar-refractivity contribution in [2.75, 3.05) is 6.61 Å². The molecule has 0 aliphatic heterocycles. The molecule has 0 spiro atoms. The molecule has 0 aromatic carbocycles. The first-order valence-electron chi connectivity index (χ1n) is 4.36. The Morgan fingerprint density at radius 3 is 2.65 bits per heavy atom. The van der Waals surface area contributed by atoms with E-state index in [1.165, 1.54) is 0 Å². The smallest absolute Gasteiger partial charge is 0.417 e. The van der Waals surface area contributed by atoms with Crippen LogP contribution in [0.2, 0.25) is 0 Å². The molecule has 1 aromatic heterocycles. The number of carboxylic acid groups (broad SMARTS) is 1. The first kappa shape index (κ1) is 13.2. The number of aromatic nitrogens is 1. The molecule has 17 heavy (non-hydrogen) atoms. The molecular weight excluding hydrogens is 243 g/mol. The quantitative estimate of drug-likeness (QED) is 0.837. The van der Waals surface area contributed by atoms with Crippen LogP contribution in [0.1, 0.15) is 10.4 Å². The standard InChI is InChI=1S/C9H8F3NO4/c10-9(11,12)7(14)4-17-6-1-5(8(15)16)2-13-3-6/h1-3,7,14H,4H2,(H,15,16). The summed E-state index contributed by atoms with van der Waals surface area (Å²) in [5.41, 5.74) is -0.219. The molecule has 0 aliphatic carbocycles. The van der Waals surface area contributed by atoms with Crippen molar-refractivity contribution in [3.05, 3.63) is 24.0 Å². The lowest BCUT2D eigenvalue weighted by atomic mass is 10.3. The summed E-state index contributed by atoms with van der Waals surface area (Å²) in [7, 11) is 0. The van der Waals surface area contributed by atoms with Gasteiger partial charge in [-0.1, -0.05) is 0 Å². The molecule has 8 heteroatoms. The zero-order chi connectivity index (χ0) is 13.1. The first-order valence-corrected chi connectivity index (χ1v) is 4.36. The molecule has 0 amide bonds. The molecule has 1 unspecified atom stereocenters. The zero-order valence-corrected chi connectivity index (χ0v) is 8.31. The van der Waals surface area contributed by atoms with Gasteiger partial charge in [0.05, 0.1) is 11.8 Å². The molecule has 0 aliphatic rings. The van der Waals surface area contributed by atoms with Gasteiger partial charge in [-0.15, -0.1) is 0 Å². The van der Waals surface area contributed by atoms with Gasteiger partial charge in [0, 0.05) is 6.20 Å². The highest BCUT2D eigenvalue weighted by atomic mass is 19.4. The van der Waals surface area contributed by atoms with Crippen molar-refractivity contribution in [2.45, 2.75) is 12.3 Å². The maximum Gasteiger partial charge on any atom is 0.417 e. The van der Waals surface area contributed by atoms with E-state index in [1.807, 2.05) is 0 Å². The largest absolute Gasteiger partial charge is 0.489 e. The SMILES string of the molecule is O=C(O)c1cncc(OCC(O)C(F)(F)F)c1. The summed E-state index contributed by atoms with van der Waals surface area (Å²) in [6, 6.07) is 1.01. The van der Waals surface area contributed by atoms with E-state index in [0.29, 0.717) is 0 Å². The van der Waals surface area contributed by atoms with Crippen LogP contribution >= 0.6 is 0 Å². The maximum absolute atomic E-state index is 11.9. The Bertz CT molecular complexity index is 407. The van der Waals surface area contributed by atoms with Crippen LogP contribution in [0.15, 0.2) is 18.5 Å². The summed E-state index contributed by atoms with van der Waals surface area (Å²) in [4.78, 5) is 14.0. The average molecular weight is 251 g/mol. The fourth-order valence-corrected chi connectivity index (χ4v) is 0.884. The third kappa shape index (κ3) is 3.91. The number of aliphatic hydroxyl groups excluding tert-OH is 1. The van der Waals surface area contributed by atoms with Gasteiger partial charge in [0.25, 0.3) is 0 Å². The number of carboxylic acids is 1. The Morgan fingerprint density at radius 2 is 2.12 bits per heavy atom. The molecule has 1 aromatic rings. The minimum atomic E-state index is -4.78. The van der Waals surface area contributed by atoms with Gasteiger partial charge in [0.15, 0.2) is 6.10 Å². The fraction of sp³-hybridized carbons (Fsp3) is 0.333. The molecule has 0 saturated carbocycles. The third-order valence-corrected chi connectivity index (χ3v) is 1.75. The zero-order valence-electron chi connectivity index (χ0n) is 8.31. The number of aromatic carboxylic acids is 1. The predicted molar refractivity (Wildman–Crippen MR) is 48.8 cm³/mol. The molecule has 1 heterocycles. The van der Waals surface area contributed by atoms with Gasteiger partial charge >= 0.3 is 12.1 Å². The van der Waals surface area contributed by atoms with Crippen LogP contribution in [-0.4, -0.2) is 40.1 Å². The minimum absolute atomic E-state index is 0.159. The van der Waals surface area contributed by atoms with Gasteiger partial charge in [-0.05, 0) is 6.07 Å². The van der Waals surface area contributed by atoms with Crippen LogP contribution < -0.4 is 4.74 Å². The number of aliphatic hydroxyl groups is 1. The number of alkyl halides is 3. The average Bonchev–Trinajstić information content (AvgIpc) is 2.25. The Hall–Kier alpha value is -1.83. The molecule has 0 radical (unpaired) electrons. The highest BCUT2D eigenvalue weighted by molar-refractivity contribution is 5.87. The van der Waals surface area contributed by atoms with E-state index >= 15 is 0 Å². The molecular formula is C9H8F3NO4. The summed E-state index contributed by atoms with van der Waals surface area (Å²) >= 11 is 0. The normalized spacial score (nSPS) is 13.2.